The first kappa shape index (κ1) is 16.2. The van der Waals surface area contributed by atoms with Crippen LogP contribution in [-0.4, -0.2) is 23.1 Å². The maximum atomic E-state index is 13.6. The van der Waals surface area contributed by atoms with Crippen LogP contribution in [-0.2, 0) is 9.53 Å². The molecule has 0 unspecified atom stereocenters. The summed E-state index contributed by atoms with van der Waals surface area (Å²) in [6.07, 6.45) is -1.12. The van der Waals surface area contributed by atoms with Gasteiger partial charge in [-0.1, -0.05) is 21.1 Å². The van der Waals surface area contributed by atoms with Gasteiger partial charge in [0.05, 0.1) is 5.56 Å². The lowest BCUT2D eigenvalue weighted by atomic mass is 10.2. The molecule has 1 atom stereocenters. The molecule has 0 aliphatic carbocycles. The number of aromatic nitrogens is 1. The molecule has 0 aliphatic rings. The maximum absolute atomic E-state index is 13.6. The number of carbonyl (C=O) groups is 2. The molecule has 1 aromatic heterocycles. The largest absolute Gasteiger partial charge is 0.449 e. The van der Waals surface area contributed by atoms with Gasteiger partial charge in [-0.25, -0.2) is 9.18 Å². The molecule has 116 valence electrons. The first-order valence-corrected chi connectivity index (χ1v) is 7.06. The number of halogens is 2. The van der Waals surface area contributed by atoms with Gasteiger partial charge in [-0.2, -0.15) is 0 Å². The van der Waals surface area contributed by atoms with Gasteiger partial charge >= 0.3 is 5.97 Å². The molecule has 0 aliphatic heterocycles. The third-order valence-electron chi connectivity index (χ3n) is 2.68. The lowest BCUT2D eigenvalue weighted by Gasteiger charge is -2.12. The van der Waals surface area contributed by atoms with E-state index >= 15 is 0 Å². The Hall–Kier alpha value is -2.22. The second-order valence-electron chi connectivity index (χ2n) is 4.48. The summed E-state index contributed by atoms with van der Waals surface area (Å²) in [7, 11) is 0. The summed E-state index contributed by atoms with van der Waals surface area (Å²) in [6, 6.07) is 5.38. The first-order valence-electron chi connectivity index (χ1n) is 6.27. The molecule has 0 saturated heterocycles. The van der Waals surface area contributed by atoms with E-state index in [1.54, 1.807) is 6.92 Å². The Morgan fingerprint density at radius 2 is 2.14 bits per heavy atom. The van der Waals surface area contributed by atoms with Gasteiger partial charge in [0.2, 0.25) is 0 Å². The van der Waals surface area contributed by atoms with Gasteiger partial charge in [0.1, 0.15) is 11.6 Å². The van der Waals surface area contributed by atoms with Crippen molar-refractivity contribution in [1.29, 1.82) is 0 Å². The van der Waals surface area contributed by atoms with Gasteiger partial charge in [0, 0.05) is 10.5 Å². The second kappa shape index (κ2) is 6.69. The van der Waals surface area contributed by atoms with E-state index in [1.165, 1.54) is 25.1 Å². The Balaban J connectivity index is 2.01. The molecule has 6 nitrogen and oxygen atoms in total. The van der Waals surface area contributed by atoms with E-state index in [9.17, 15) is 14.0 Å². The standard InChI is InChI=1S/C14H12BrFN2O4/c1-7-5-12(18-22-7)17-13(19)8(2)21-14(20)10-6-9(15)3-4-11(10)16/h3-6,8H,1-2H3,(H,17,18,19)/t8-/m1/s1. The van der Waals surface area contributed by atoms with Gasteiger partial charge in [0.15, 0.2) is 11.9 Å². The summed E-state index contributed by atoms with van der Waals surface area (Å²) in [6.45, 7) is 3.04. The number of rotatable bonds is 4. The Morgan fingerprint density at radius 1 is 1.41 bits per heavy atom. The average molecular weight is 371 g/mol. The van der Waals surface area contributed by atoms with Gasteiger partial charge in [0.25, 0.3) is 5.91 Å². The van der Waals surface area contributed by atoms with Crippen LogP contribution in [0.25, 0.3) is 0 Å². The Kier molecular flexibility index (Phi) is 4.92. The summed E-state index contributed by atoms with van der Waals surface area (Å²) in [5, 5.41) is 6.01. The summed E-state index contributed by atoms with van der Waals surface area (Å²) >= 11 is 3.13. The molecule has 1 N–H and O–H groups in total. The van der Waals surface area contributed by atoms with Crippen molar-refractivity contribution in [3.63, 3.8) is 0 Å². The number of carbonyl (C=O) groups excluding carboxylic acids is 2. The van der Waals surface area contributed by atoms with Crippen molar-refractivity contribution in [3.05, 3.63) is 45.9 Å². The highest BCUT2D eigenvalue weighted by atomic mass is 79.9. The third kappa shape index (κ3) is 3.91. The molecule has 2 rings (SSSR count). The predicted molar refractivity (Wildman–Crippen MR) is 78.8 cm³/mol. The van der Waals surface area contributed by atoms with Crippen LogP contribution in [0.2, 0.25) is 0 Å². The topological polar surface area (TPSA) is 81.4 Å². The number of ether oxygens (including phenoxy) is 1. The number of aryl methyl sites for hydroxylation is 1. The van der Waals surface area contributed by atoms with Crippen molar-refractivity contribution < 1.29 is 23.2 Å². The van der Waals surface area contributed by atoms with Crippen molar-refractivity contribution in [2.24, 2.45) is 0 Å². The zero-order valence-electron chi connectivity index (χ0n) is 11.7. The molecule has 0 spiro atoms. The molecule has 0 saturated carbocycles. The molecule has 0 fully saturated rings. The molecule has 0 radical (unpaired) electrons. The highest BCUT2D eigenvalue weighted by Gasteiger charge is 2.22. The minimum atomic E-state index is -1.12. The predicted octanol–water partition coefficient (Wildman–Crippen LogP) is 3.07. The first-order chi connectivity index (χ1) is 10.4. The van der Waals surface area contributed by atoms with Crippen molar-refractivity contribution in [2.45, 2.75) is 20.0 Å². The van der Waals surface area contributed by atoms with Crippen LogP contribution >= 0.6 is 15.9 Å². The maximum Gasteiger partial charge on any atom is 0.341 e. The van der Waals surface area contributed by atoms with E-state index in [1.807, 2.05) is 0 Å². The van der Waals surface area contributed by atoms with Crippen molar-refractivity contribution >= 4 is 33.6 Å². The zero-order valence-corrected chi connectivity index (χ0v) is 13.3. The van der Waals surface area contributed by atoms with E-state index < -0.39 is 23.8 Å². The fraction of sp³-hybridized carbons (Fsp3) is 0.214. The number of esters is 1. The minimum absolute atomic E-state index is 0.207. The van der Waals surface area contributed by atoms with Crippen LogP contribution in [0, 0.1) is 12.7 Å². The number of hydrogen-bond donors (Lipinski definition) is 1. The van der Waals surface area contributed by atoms with Crippen LogP contribution in [0.15, 0.2) is 33.3 Å². The second-order valence-corrected chi connectivity index (χ2v) is 5.40. The third-order valence-corrected chi connectivity index (χ3v) is 3.17. The van der Waals surface area contributed by atoms with Crippen LogP contribution in [0.5, 0.6) is 0 Å². The average Bonchev–Trinajstić information content (AvgIpc) is 2.86. The molecule has 0 bridgehead atoms. The van der Waals surface area contributed by atoms with Crippen molar-refractivity contribution in [1.82, 2.24) is 5.16 Å². The number of nitrogens with one attached hydrogen (secondary N) is 1. The lowest BCUT2D eigenvalue weighted by Crippen LogP contribution is -2.30. The van der Waals surface area contributed by atoms with Crippen LogP contribution in [0.1, 0.15) is 23.0 Å². The smallest absolute Gasteiger partial charge is 0.341 e. The minimum Gasteiger partial charge on any atom is -0.449 e. The quantitative estimate of drug-likeness (QED) is 0.836. The van der Waals surface area contributed by atoms with E-state index in [0.29, 0.717) is 10.2 Å². The molecule has 1 amide bonds. The highest BCUT2D eigenvalue weighted by molar-refractivity contribution is 9.10. The van der Waals surface area contributed by atoms with Gasteiger partial charge in [-0.3, -0.25) is 4.79 Å². The fourth-order valence-electron chi connectivity index (χ4n) is 1.58. The number of nitrogens with zero attached hydrogens (tertiary/aromatic N) is 1. The van der Waals surface area contributed by atoms with Crippen LogP contribution in [0.4, 0.5) is 10.2 Å². The van der Waals surface area contributed by atoms with Crippen LogP contribution in [0.3, 0.4) is 0 Å². The molecule has 1 aromatic carbocycles. The summed E-state index contributed by atoms with van der Waals surface area (Å²) in [5.74, 6) is -1.53. The van der Waals surface area contributed by atoms with Gasteiger partial charge < -0.3 is 14.6 Å². The summed E-state index contributed by atoms with van der Waals surface area (Å²) in [4.78, 5) is 23.8. The molecule has 1 heterocycles. The molecular formula is C14H12BrFN2O4. The zero-order chi connectivity index (χ0) is 16.3. The van der Waals surface area contributed by atoms with Gasteiger partial charge in [-0.15, -0.1) is 0 Å². The molecule has 2 aromatic rings. The molecular weight excluding hydrogens is 359 g/mol. The normalized spacial score (nSPS) is 11.8. The highest BCUT2D eigenvalue weighted by Crippen LogP contribution is 2.17. The molecule has 22 heavy (non-hydrogen) atoms. The van der Waals surface area contributed by atoms with Crippen molar-refractivity contribution in [3.8, 4) is 0 Å². The fourth-order valence-corrected chi connectivity index (χ4v) is 1.95. The Bertz CT molecular complexity index is 717. The summed E-state index contributed by atoms with van der Waals surface area (Å²) < 4.78 is 23.8. The SMILES string of the molecule is Cc1cc(NC(=O)[C@@H](C)OC(=O)c2cc(Br)ccc2F)no1. The molecule has 8 heteroatoms. The number of anilines is 1. The Morgan fingerprint density at radius 3 is 2.77 bits per heavy atom. The van der Waals surface area contributed by atoms with Crippen LogP contribution < -0.4 is 5.32 Å². The number of hydrogen-bond acceptors (Lipinski definition) is 5. The number of amides is 1. The lowest BCUT2D eigenvalue weighted by molar-refractivity contribution is -0.123. The van der Waals surface area contributed by atoms with E-state index in [0.717, 1.165) is 6.07 Å². The van der Waals surface area contributed by atoms with Gasteiger partial charge in [-0.05, 0) is 32.0 Å². The number of benzene rings is 1. The monoisotopic (exact) mass is 370 g/mol. The Labute approximate surface area is 133 Å². The summed E-state index contributed by atoms with van der Waals surface area (Å²) in [5.41, 5.74) is -0.258. The van der Waals surface area contributed by atoms with E-state index in [2.05, 4.69) is 26.4 Å². The van der Waals surface area contributed by atoms with Crippen molar-refractivity contribution in [2.75, 3.05) is 5.32 Å². The van der Waals surface area contributed by atoms with E-state index in [-0.39, 0.29) is 11.4 Å². The van der Waals surface area contributed by atoms with E-state index in [4.69, 9.17) is 9.26 Å².